The fourth-order valence-corrected chi connectivity index (χ4v) is 4.01. The van der Waals surface area contributed by atoms with Crippen LogP contribution in [-0.4, -0.2) is 39.7 Å². The van der Waals surface area contributed by atoms with Crippen molar-refractivity contribution in [2.75, 3.05) is 0 Å². The van der Waals surface area contributed by atoms with Crippen LogP contribution in [0.15, 0.2) is 18.3 Å². The van der Waals surface area contributed by atoms with E-state index in [1.807, 2.05) is 32.6 Å². The summed E-state index contributed by atoms with van der Waals surface area (Å²) < 4.78 is 18.6. The Kier molecular flexibility index (Phi) is 5.00. The number of pyridine rings is 1. The Bertz CT molecular complexity index is 600. The van der Waals surface area contributed by atoms with Gasteiger partial charge in [-0.15, -0.1) is 0 Å². The third-order valence-corrected chi connectivity index (χ3v) is 5.02. The molecule has 4 atom stereocenters. The van der Waals surface area contributed by atoms with Crippen LogP contribution in [0.1, 0.15) is 65.1 Å². The van der Waals surface area contributed by atoms with Crippen molar-refractivity contribution in [3.63, 3.8) is 0 Å². The highest BCUT2D eigenvalue weighted by atomic mass is 19.1. The van der Waals surface area contributed by atoms with E-state index < -0.39 is 5.60 Å². The Hall–Kier alpha value is -1.69. The summed E-state index contributed by atoms with van der Waals surface area (Å²) in [6.07, 6.45) is 4.97. The van der Waals surface area contributed by atoms with Crippen molar-refractivity contribution in [2.45, 2.75) is 83.1 Å². The fourth-order valence-electron chi connectivity index (χ4n) is 4.01. The first-order valence-electron chi connectivity index (χ1n) is 9.12. The lowest BCUT2D eigenvalue weighted by molar-refractivity contribution is 0.00433. The molecular weight excluding hydrogens is 321 g/mol. The average Bonchev–Trinajstić information content (AvgIpc) is 2.78. The molecule has 0 aliphatic carbocycles. The molecule has 0 radical (unpaired) electrons. The Morgan fingerprint density at radius 2 is 1.96 bits per heavy atom. The van der Waals surface area contributed by atoms with Crippen LogP contribution in [0.5, 0.6) is 0 Å². The van der Waals surface area contributed by atoms with Crippen LogP contribution in [0.2, 0.25) is 0 Å². The number of nitrogens with zero attached hydrogens (tertiary/aromatic N) is 2. The van der Waals surface area contributed by atoms with Crippen LogP contribution in [0, 0.1) is 5.82 Å². The number of rotatable bonds is 3. The Balaban J connectivity index is 1.60. The van der Waals surface area contributed by atoms with Crippen molar-refractivity contribution >= 4 is 6.09 Å². The topological polar surface area (TPSA) is 54.5 Å². The molecule has 2 bridgehead atoms. The lowest BCUT2D eigenvalue weighted by atomic mass is 9.96. The lowest BCUT2D eigenvalue weighted by Gasteiger charge is -2.40. The highest BCUT2D eigenvalue weighted by Crippen LogP contribution is 2.37. The number of carbonyl (C=O) groups is 1. The van der Waals surface area contributed by atoms with Crippen LogP contribution in [0.25, 0.3) is 0 Å². The van der Waals surface area contributed by atoms with Gasteiger partial charge in [0.1, 0.15) is 11.4 Å². The van der Waals surface area contributed by atoms with Crippen molar-refractivity contribution < 1.29 is 13.9 Å². The summed E-state index contributed by atoms with van der Waals surface area (Å²) in [6, 6.07) is 4.02. The number of hydrogen-bond acceptors (Lipinski definition) is 4. The summed E-state index contributed by atoms with van der Waals surface area (Å²) >= 11 is 0. The molecule has 5 nitrogen and oxygen atoms in total. The molecule has 0 saturated carbocycles. The number of amides is 1. The van der Waals surface area contributed by atoms with Crippen LogP contribution >= 0.6 is 0 Å². The van der Waals surface area contributed by atoms with E-state index >= 15 is 0 Å². The summed E-state index contributed by atoms with van der Waals surface area (Å²) in [6.45, 7) is 7.75. The number of aromatic nitrogens is 1. The second kappa shape index (κ2) is 6.90. The maximum absolute atomic E-state index is 13.0. The third-order valence-electron chi connectivity index (χ3n) is 5.02. The van der Waals surface area contributed by atoms with Crippen molar-refractivity contribution in [3.8, 4) is 0 Å². The van der Waals surface area contributed by atoms with Gasteiger partial charge in [0.2, 0.25) is 0 Å². The van der Waals surface area contributed by atoms with Gasteiger partial charge in [-0.05, 0) is 65.5 Å². The molecule has 1 aromatic rings. The van der Waals surface area contributed by atoms with Gasteiger partial charge in [0.25, 0.3) is 0 Å². The van der Waals surface area contributed by atoms with Crippen LogP contribution in [0.4, 0.5) is 9.18 Å². The summed E-state index contributed by atoms with van der Waals surface area (Å²) in [5.74, 6) is -0.320. The van der Waals surface area contributed by atoms with Crippen molar-refractivity contribution in [3.05, 3.63) is 29.8 Å². The van der Waals surface area contributed by atoms with E-state index in [1.165, 1.54) is 12.3 Å². The molecule has 0 aromatic carbocycles. The minimum absolute atomic E-state index is 0.0538. The molecule has 2 saturated heterocycles. The quantitative estimate of drug-likeness (QED) is 0.902. The fraction of sp³-hybridized carbons (Fsp3) is 0.684. The van der Waals surface area contributed by atoms with Gasteiger partial charge < -0.3 is 15.0 Å². The average molecular weight is 349 g/mol. The van der Waals surface area contributed by atoms with Gasteiger partial charge in [-0.2, -0.15) is 0 Å². The molecule has 6 heteroatoms. The van der Waals surface area contributed by atoms with E-state index in [1.54, 1.807) is 6.07 Å². The minimum atomic E-state index is -0.464. The highest BCUT2D eigenvalue weighted by Gasteiger charge is 2.45. The smallest absolute Gasteiger partial charge is 0.410 e. The molecular formula is C19H28FN3O2. The first-order valence-corrected chi connectivity index (χ1v) is 9.12. The predicted molar refractivity (Wildman–Crippen MR) is 93.7 cm³/mol. The van der Waals surface area contributed by atoms with Crippen molar-refractivity contribution in [2.24, 2.45) is 0 Å². The SMILES string of the molecule is C[C@@H](NC1C[C@H]2CC[C@@H](C1)N2C(=O)OC(C)(C)C)c1ccc(F)cn1. The zero-order valence-corrected chi connectivity index (χ0v) is 15.5. The summed E-state index contributed by atoms with van der Waals surface area (Å²) in [7, 11) is 0. The number of fused-ring (bicyclic) bond motifs is 2. The van der Waals surface area contributed by atoms with Crippen LogP contribution in [-0.2, 0) is 4.74 Å². The van der Waals surface area contributed by atoms with Gasteiger partial charge in [0, 0.05) is 24.2 Å². The second-order valence-electron chi connectivity index (χ2n) is 8.23. The lowest BCUT2D eigenvalue weighted by Crippen LogP contribution is -2.52. The van der Waals surface area contributed by atoms with Gasteiger partial charge in [-0.1, -0.05) is 0 Å². The zero-order valence-electron chi connectivity index (χ0n) is 15.5. The summed E-state index contributed by atoms with van der Waals surface area (Å²) in [5, 5.41) is 3.60. The summed E-state index contributed by atoms with van der Waals surface area (Å²) in [5.41, 5.74) is 0.373. The number of ether oxygens (including phenoxy) is 1. The number of hydrogen-bond donors (Lipinski definition) is 1. The molecule has 2 aliphatic rings. The molecule has 1 aromatic heterocycles. The second-order valence-corrected chi connectivity index (χ2v) is 8.23. The molecule has 0 spiro atoms. The molecule has 1 unspecified atom stereocenters. The van der Waals surface area contributed by atoms with E-state index in [0.717, 1.165) is 31.4 Å². The van der Waals surface area contributed by atoms with Gasteiger partial charge in [0.15, 0.2) is 0 Å². The molecule has 2 fully saturated rings. The molecule has 138 valence electrons. The number of piperidine rings is 1. The summed E-state index contributed by atoms with van der Waals surface area (Å²) in [4.78, 5) is 18.6. The maximum Gasteiger partial charge on any atom is 0.410 e. The van der Waals surface area contributed by atoms with Gasteiger partial charge in [-0.25, -0.2) is 9.18 Å². The van der Waals surface area contributed by atoms with Gasteiger partial charge in [0.05, 0.1) is 11.9 Å². The standard InChI is InChI=1S/C19H28FN3O2/c1-12(17-8-5-13(20)11-21-17)22-14-9-15-6-7-16(10-14)23(15)18(24)25-19(2,3)4/h5,8,11-12,14-16,22H,6-7,9-10H2,1-4H3/t12-,14?,15-,16+/m1/s1. The van der Waals surface area contributed by atoms with E-state index in [4.69, 9.17) is 4.74 Å². The first-order chi connectivity index (χ1) is 11.7. The van der Waals surface area contributed by atoms with Crippen LogP contribution in [0.3, 0.4) is 0 Å². The minimum Gasteiger partial charge on any atom is -0.444 e. The van der Waals surface area contributed by atoms with E-state index in [2.05, 4.69) is 10.3 Å². The van der Waals surface area contributed by atoms with Gasteiger partial charge >= 0.3 is 6.09 Å². The van der Waals surface area contributed by atoms with Gasteiger partial charge in [-0.3, -0.25) is 4.98 Å². The van der Waals surface area contributed by atoms with E-state index in [-0.39, 0.29) is 30.0 Å². The van der Waals surface area contributed by atoms with Crippen LogP contribution < -0.4 is 5.32 Å². The number of halogens is 1. The number of nitrogens with one attached hydrogen (secondary N) is 1. The van der Waals surface area contributed by atoms with Crippen molar-refractivity contribution in [1.82, 2.24) is 15.2 Å². The molecule has 2 aliphatic heterocycles. The largest absolute Gasteiger partial charge is 0.444 e. The zero-order chi connectivity index (χ0) is 18.2. The monoisotopic (exact) mass is 349 g/mol. The van der Waals surface area contributed by atoms with Crippen molar-refractivity contribution in [1.29, 1.82) is 0 Å². The first kappa shape index (κ1) is 18.1. The Labute approximate surface area is 148 Å². The molecule has 1 N–H and O–H groups in total. The molecule has 25 heavy (non-hydrogen) atoms. The maximum atomic E-state index is 13.0. The van der Waals surface area contributed by atoms with E-state index in [9.17, 15) is 9.18 Å². The Morgan fingerprint density at radius 1 is 1.32 bits per heavy atom. The molecule has 1 amide bonds. The highest BCUT2D eigenvalue weighted by molar-refractivity contribution is 5.69. The molecule has 3 heterocycles. The van der Waals surface area contributed by atoms with E-state index in [0.29, 0.717) is 6.04 Å². The Morgan fingerprint density at radius 3 is 2.48 bits per heavy atom. The normalized spacial score (nSPS) is 27.2. The number of carbonyl (C=O) groups excluding carboxylic acids is 1. The molecule has 3 rings (SSSR count). The third kappa shape index (κ3) is 4.29. The predicted octanol–water partition coefficient (Wildman–Crippen LogP) is 3.80.